The maximum Gasteiger partial charge on any atom is 0.326 e. The summed E-state index contributed by atoms with van der Waals surface area (Å²) >= 11 is 0.815. The number of benzene rings is 1. The van der Waals surface area contributed by atoms with Crippen LogP contribution < -0.4 is 4.74 Å². The Morgan fingerprint density at radius 1 is 1.15 bits per heavy atom. The van der Waals surface area contributed by atoms with Crippen molar-refractivity contribution < 1.29 is 23.9 Å². The highest BCUT2D eigenvalue weighted by molar-refractivity contribution is 8.18. The smallest absolute Gasteiger partial charge is 0.326 e. The van der Waals surface area contributed by atoms with Gasteiger partial charge in [0.2, 0.25) is 0 Å². The summed E-state index contributed by atoms with van der Waals surface area (Å²) in [5.41, 5.74) is 0.775. The molecule has 1 aliphatic heterocycles. The number of hydrogen-bond donors (Lipinski definition) is 0. The Labute approximate surface area is 157 Å². The van der Waals surface area contributed by atoms with E-state index in [2.05, 4.69) is 13.8 Å². The molecular formula is C19H23NO5S. The molecule has 0 aromatic heterocycles. The van der Waals surface area contributed by atoms with Gasteiger partial charge in [0, 0.05) is 0 Å². The second-order valence-corrected chi connectivity index (χ2v) is 7.57. The fraction of sp³-hybridized carbons (Fsp3) is 0.421. The van der Waals surface area contributed by atoms with Crippen LogP contribution in [0.5, 0.6) is 5.75 Å². The molecule has 0 atom stereocenters. The molecule has 140 valence electrons. The molecule has 0 bridgehead atoms. The van der Waals surface area contributed by atoms with Crippen LogP contribution in [0.15, 0.2) is 29.2 Å². The van der Waals surface area contributed by atoms with Crippen molar-refractivity contribution in [1.82, 2.24) is 4.90 Å². The van der Waals surface area contributed by atoms with Gasteiger partial charge in [-0.1, -0.05) is 26.0 Å². The van der Waals surface area contributed by atoms with Crippen molar-refractivity contribution in [3.05, 3.63) is 34.7 Å². The highest BCUT2D eigenvalue weighted by atomic mass is 32.2. The maximum absolute atomic E-state index is 12.4. The molecule has 0 aliphatic carbocycles. The second kappa shape index (κ2) is 8.89. The highest BCUT2D eigenvalue weighted by Gasteiger charge is 2.36. The molecule has 26 heavy (non-hydrogen) atoms. The first-order valence-electron chi connectivity index (χ1n) is 8.44. The van der Waals surface area contributed by atoms with Gasteiger partial charge in [0.05, 0.1) is 17.6 Å². The summed E-state index contributed by atoms with van der Waals surface area (Å²) in [6, 6.07) is 7.27. The Balaban J connectivity index is 2.03. The molecule has 0 saturated carbocycles. The predicted octanol–water partition coefficient (Wildman–Crippen LogP) is 3.71. The van der Waals surface area contributed by atoms with Crippen LogP contribution in [0.4, 0.5) is 4.79 Å². The Morgan fingerprint density at radius 2 is 1.81 bits per heavy atom. The van der Waals surface area contributed by atoms with E-state index in [9.17, 15) is 14.4 Å². The first kappa shape index (κ1) is 20.0. The fourth-order valence-corrected chi connectivity index (χ4v) is 2.98. The van der Waals surface area contributed by atoms with Crippen LogP contribution >= 0.6 is 11.8 Å². The molecule has 2 amide bonds. The molecule has 0 unspecified atom stereocenters. The molecule has 1 saturated heterocycles. The van der Waals surface area contributed by atoms with Gasteiger partial charge in [-0.25, -0.2) is 0 Å². The number of carbonyl (C=O) groups excluding carboxylic acids is 3. The van der Waals surface area contributed by atoms with Crippen LogP contribution in [-0.2, 0) is 14.3 Å². The lowest BCUT2D eigenvalue weighted by Gasteiger charge is -2.13. The molecule has 0 N–H and O–H groups in total. The van der Waals surface area contributed by atoms with Crippen molar-refractivity contribution in [2.75, 3.05) is 13.2 Å². The molecular weight excluding hydrogens is 354 g/mol. The average molecular weight is 377 g/mol. The van der Waals surface area contributed by atoms with E-state index in [1.54, 1.807) is 19.9 Å². The molecule has 1 aromatic rings. The highest BCUT2D eigenvalue weighted by Crippen LogP contribution is 2.32. The standard InChI is InChI=1S/C19H23NO5S/c1-12(2)11-24-15-7-5-14(6-8-15)9-16-18(22)20(19(23)26-16)10-17(21)25-13(3)4/h5-9,12-13H,10-11H2,1-4H3/b16-9+. The van der Waals surface area contributed by atoms with Gasteiger partial charge in [0.15, 0.2) is 0 Å². The molecule has 1 aliphatic rings. The summed E-state index contributed by atoms with van der Waals surface area (Å²) in [7, 11) is 0. The summed E-state index contributed by atoms with van der Waals surface area (Å²) in [4.78, 5) is 37.3. The van der Waals surface area contributed by atoms with Crippen molar-refractivity contribution in [2.24, 2.45) is 5.92 Å². The lowest BCUT2D eigenvalue weighted by molar-refractivity contribution is -0.149. The van der Waals surface area contributed by atoms with E-state index < -0.39 is 17.1 Å². The van der Waals surface area contributed by atoms with Crippen molar-refractivity contribution in [3.8, 4) is 5.75 Å². The summed E-state index contributed by atoms with van der Waals surface area (Å²) in [6.07, 6.45) is 1.33. The molecule has 7 heteroatoms. The van der Waals surface area contributed by atoms with Crippen molar-refractivity contribution in [2.45, 2.75) is 33.8 Å². The Hall–Kier alpha value is -2.28. The molecule has 1 heterocycles. The minimum Gasteiger partial charge on any atom is -0.493 e. The van der Waals surface area contributed by atoms with Gasteiger partial charge in [-0.3, -0.25) is 19.3 Å². The third kappa shape index (κ3) is 5.62. The van der Waals surface area contributed by atoms with Crippen LogP contribution in [0.1, 0.15) is 33.3 Å². The monoisotopic (exact) mass is 377 g/mol. The van der Waals surface area contributed by atoms with Gasteiger partial charge in [0.25, 0.3) is 11.1 Å². The van der Waals surface area contributed by atoms with Gasteiger partial charge < -0.3 is 9.47 Å². The number of nitrogens with zero attached hydrogens (tertiary/aromatic N) is 1. The SMILES string of the molecule is CC(C)COc1ccc(/C=C2/SC(=O)N(CC(=O)OC(C)C)C2=O)cc1. The second-order valence-electron chi connectivity index (χ2n) is 6.58. The molecule has 0 radical (unpaired) electrons. The number of carbonyl (C=O) groups is 3. The maximum atomic E-state index is 12.4. The first-order chi connectivity index (χ1) is 12.3. The van der Waals surface area contributed by atoms with Gasteiger partial charge in [0.1, 0.15) is 12.3 Å². The van der Waals surface area contributed by atoms with E-state index in [0.29, 0.717) is 12.5 Å². The van der Waals surface area contributed by atoms with Gasteiger partial charge >= 0.3 is 5.97 Å². The number of thioether (sulfide) groups is 1. The predicted molar refractivity (Wildman–Crippen MR) is 101 cm³/mol. The molecule has 0 spiro atoms. The van der Waals surface area contributed by atoms with Crippen LogP contribution in [-0.4, -0.2) is 41.3 Å². The van der Waals surface area contributed by atoms with Crippen LogP contribution in [0.3, 0.4) is 0 Å². The third-order valence-electron chi connectivity index (χ3n) is 3.29. The first-order valence-corrected chi connectivity index (χ1v) is 9.25. The normalized spacial score (nSPS) is 16.1. The zero-order chi connectivity index (χ0) is 19.3. The van der Waals surface area contributed by atoms with Crippen LogP contribution in [0, 0.1) is 5.92 Å². The fourth-order valence-electron chi connectivity index (χ4n) is 2.14. The summed E-state index contributed by atoms with van der Waals surface area (Å²) in [5, 5.41) is -0.473. The summed E-state index contributed by atoms with van der Waals surface area (Å²) in [6.45, 7) is 7.82. The number of esters is 1. The van der Waals surface area contributed by atoms with Gasteiger partial charge in [-0.2, -0.15) is 0 Å². The third-order valence-corrected chi connectivity index (χ3v) is 4.20. The lowest BCUT2D eigenvalue weighted by Crippen LogP contribution is -2.35. The number of ether oxygens (including phenoxy) is 2. The van der Waals surface area contributed by atoms with Gasteiger partial charge in [-0.15, -0.1) is 0 Å². The van der Waals surface area contributed by atoms with Crippen LogP contribution in [0.2, 0.25) is 0 Å². The molecule has 6 nitrogen and oxygen atoms in total. The minimum absolute atomic E-state index is 0.281. The topological polar surface area (TPSA) is 72.9 Å². The lowest BCUT2D eigenvalue weighted by atomic mass is 10.2. The van der Waals surface area contributed by atoms with Crippen LogP contribution in [0.25, 0.3) is 6.08 Å². The largest absolute Gasteiger partial charge is 0.493 e. The molecule has 2 rings (SSSR count). The van der Waals surface area contributed by atoms with E-state index in [1.165, 1.54) is 0 Å². The number of imide groups is 1. The van der Waals surface area contributed by atoms with E-state index >= 15 is 0 Å². The van der Waals surface area contributed by atoms with Crippen molar-refractivity contribution in [3.63, 3.8) is 0 Å². The zero-order valence-corrected chi connectivity index (χ0v) is 16.2. The van der Waals surface area contributed by atoms with Gasteiger partial charge in [-0.05, 0) is 55.3 Å². The summed E-state index contributed by atoms with van der Waals surface area (Å²) < 4.78 is 10.6. The number of rotatable bonds is 7. The Bertz CT molecular complexity index is 709. The Morgan fingerprint density at radius 3 is 2.38 bits per heavy atom. The average Bonchev–Trinajstić information content (AvgIpc) is 2.81. The summed E-state index contributed by atoms with van der Waals surface area (Å²) in [5.74, 6) is 0.0973. The van der Waals surface area contributed by atoms with Crippen molar-refractivity contribution >= 4 is 35.0 Å². The van der Waals surface area contributed by atoms with E-state index in [0.717, 1.165) is 28.0 Å². The van der Waals surface area contributed by atoms with E-state index in [4.69, 9.17) is 9.47 Å². The molecule has 1 fully saturated rings. The molecule has 1 aromatic carbocycles. The zero-order valence-electron chi connectivity index (χ0n) is 15.4. The van der Waals surface area contributed by atoms with E-state index in [-0.39, 0.29) is 17.6 Å². The quantitative estimate of drug-likeness (QED) is 0.533. The van der Waals surface area contributed by atoms with E-state index in [1.807, 2.05) is 24.3 Å². The number of hydrogen-bond acceptors (Lipinski definition) is 6. The minimum atomic E-state index is -0.602. The number of amides is 2. The Kier molecular flexibility index (Phi) is 6.85. The van der Waals surface area contributed by atoms with Crippen molar-refractivity contribution in [1.29, 1.82) is 0 Å².